The largest absolute Gasteiger partial charge is 0.284 e. The fraction of sp³-hybridized carbons (Fsp3) is 0.176. The van der Waals surface area contributed by atoms with Crippen molar-refractivity contribution < 1.29 is 4.79 Å². The van der Waals surface area contributed by atoms with Gasteiger partial charge >= 0.3 is 0 Å². The highest BCUT2D eigenvalue weighted by molar-refractivity contribution is 7.12. The number of rotatable bonds is 3. The first-order chi connectivity index (χ1) is 11.2. The van der Waals surface area contributed by atoms with E-state index in [1.807, 2.05) is 29.0 Å². The van der Waals surface area contributed by atoms with Gasteiger partial charge in [0.05, 0.1) is 21.5 Å². The molecule has 0 radical (unpaired) electrons. The Hall–Kier alpha value is -1.76. The monoisotopic (exact) mass is 358 g/mol. The van der Waals surface area contributed by atoms with Gasteiger partial charge < -0.3 is 0 Å². The van der Waals surface area contributed by atoms with Crippen LogP contribution in [0.1, 0.15) is 37.5 Å². The zero-order valence-electron chi connectivity index (χ0n) is 12.4. The fourth-order valence-corrected chi connectivity index (χ4v) is 5.12. The Balaban J connectivity index is 1.74. The van der Waals surface area contributed by atoms with Gasteiger partial charge in [-0.2, -0.15) is 5.10 Å². The first kappa shape index (κ1) is 14.8. The van der Waals surface area contributed by atoms with Crippen LogP contribution in [0.25, 0.3) is 0 Å². The quantitative estimate of drug-likeness (QED) is 0.635. The molecular weight excluding hydrogens is 344 g/mol. The molecule has 1 aliphatic heterocycles. The van der Waals surface area contributed by atoms with Gasteiger partial charge in [0, 0.05) is 11.3 Å². The van der Waals surface area contributed by atoms with Crippen molar-refractivity contribution >= 4 is 45.6 Å². The molecular formula is C17H14N2OS3. The van der Waals surface area contributed by atoms with Gasteiger partial charge in [-0.1, -0.05) is 12.1 Å². The van der Waals surface area contributed by atoms with Crippen LogP contribution in [0, 0.1) is 6.92 Å². The lowest BCUT2D eigenvalue weighted by atomic mass is 10.1. The van der Waals surface area contributed by atoms with E-state index >= 15 is 0 Å². The van der Waals surface area contributed by atoms with Crippen molar-refractivity contribution in [3.8, 4) is 0 Å². The summed E-state index contributed by atoms with van der Waals surface area (Å²) in [5.74, 6) is -0.00986. The van der Waals surface area contributed by atoms with Crippen LogP contribution in [-0.4, -0.2) is 16.6 Å². The minimum Gasteiger partial charge on any atom is -0.266 e. The Morgan fingerprint density at radius 1 is 1.13 bits per heavy atom. The molecule has 0 saturated heterocycles. The van der Waals surface area contributed by atoms with Gasteiger partial charge in [-0.05, 0) is 46.8 Å². The molecule has 116 valence electrons. The molecule has 6 heteroatoms. The topological polar surface area (TPSA) is 32.7 Å². The number of hydrazone groups is 1. The van der Waals surface area contributed by atoms with E-state index in [0.29, 0.717) is 0 Å². The standard InChI is InChI=1S/C17H14N2OS3/c1-11-6-9-23-16(11)13-10-12(14-4-2-7-21-14)18-19(13)17(20)15-5-3-8-22-15/h2-9,13H,10H2,1H3/t13-/m1/s1. The molecule has 4 heterocycles. The lowest BCUT2D eigenvalue weighted by molar-refractivity contribution is 0.0718. The maximum Gasteiger partial charge on any atom is 0.284 e. The second-order valence-corrected chi connectivity index (χ2v) is 8.18. The summed E-state index contributed by atoms with van der Waals surface area (Å²) in [6, 6.07) is 9.98. The Bertz CT molecular complexity index is 846. The fourth-order valence-electron chi connectivity index (χ4n) is 2.73. The summed E-state index contributed by atoms with van der Waals surface area (Å²) in [4.78, 5) is 16.0. The van der Waals surface area contributed by atoms with Crippen LogP contribution in [0.3, 0.4) is 0 Å². The third-order valence-electron chi connectivity index (χ3n) is 3.86. The number of carbonyl (C=O) groups excluding carboxylic acids is 1. The highest BCUT2D eigenvalue weighted by atomic mass is 32.1. The van der Waals surface area contributed by atoms with Gasteiger partial charge in [-0.15, -0.1) is 34.0 Å². The zero-order valence-corrected chi connectivity index (χ0v) is 14.9. The average molecular weight is 359 g/mol. The summed E-state index contributed by atoms with van der Waals surface area (Å²) in [7, 11) is 0. The summed E-state index contributed by atoms with van der Waals surface area (Å²) < 4.78 is 0. The molecule has 23 heavy (non-hydrogen) atoms. The average Bonchev–Trinajstić information content (AvgIpc) is 3.32. The molecule has 0 N–H and O–H groups in total. The maximum absolute atomic E-state index is 12.9. The molecule has 0 saturated carbocycles. The van der Waals surface area contributed by atoms with E-state index in [0.717, 1.165) is 21.9 Å². The third-order valence-corrected chi connectivity index (χ3v) is 6.76. The number of hydrogen-bond acceptors (Lipinski definition) is 5. The molecule has 1 amide bonds. The van der Waals surface area contributed by atoms with E-state index in [4.69, 9.17) is 0 Å². The van der Waals surface area contributed by atoms with Crippen molar-refractivity contribution in [1.82, 2.24) is 5.01 Å². The normalized spacial score (nSPS) is 17.5. The second kappa shape index (κ2) is 6.03. The molecule has 0 aliphatic carbocycles. The number of hydrogen-bond donors (Lipinski definition) is 0. The van der Waals surface area contributed by atoms with Gasteiger partial charge in [0.1, 0.15) is 0 Å². The lowest BCUT2D eigenvalue weighted by Gasteiger charge is -2.20. The predicted octanol–water partition coefficient (Wildman–Crippen LogP) is 5.17. The number of amides is 1. The van der Waals surface area contributed by atoms with Crippen molar-refractivity contribution in [1.29, 1.82) is 0 Å². The SMILES string of the molecule is Cc1ccsc1[C@H]1CC(c2cccs2)=NN1C(=O)c1cccs1. The van der Waals surface area contributed by atoms with Crippen molar-refractivity contribution in [3.05, 3.63) is 66.7 Å². The van der Waals surface area contributed by atoms with Crippen LogP contribution >= 0.6 is 34.0 Å². The highest BCUT2D eigenvalue weighted by Gasteiger charge is 2.35. The number of aryl methyl sites for hydroxylation is 1. The summed E-state index contributed by atoms with van der Waals surface area (Å²) in [5.41, 5.74) is 2.23. The Morgan fingerprint density at radius 2 is 1.96 bits per heavy atom. The van der Waals surface area contributed by atoms with Gasteiger partial charge in [0.15, 0.2) is 0 Å². The highest BCUT2D eigenvalue weighted by Crippen LogP contribution is 2.38. The van der Waals surface area contributed by atoms with Crippen LogP contribution in [0.5, 0.6) is 0 Å². The third kappa shape index (κ3) is 2.67. The van der Waals surface area contributed by atoms with Gasteiger partial charge in [-0.3, -0.25) is 4.79 Å². The number of thiophene rings is 3. The van der Waals surface area contributed by atoms with Crippen LogP contribution in [-0.2, 0) is 0 Å². The molecule has 3 aromatic rings. The summed E-state index contributed by atoms with van der Waals surface area (Å²) in [5, 5.41) is 12.4. The second-order valence-electron chi connectivity index (χ2n) is 5.34. The van der Waals surface area contributed by atoms with E-state index in [1.54, 1.807) is 27.7 Å². The molecule has 0 fully saturated rings. The number of carbonyl (C=O) groups is 1. The molecule has 0 unspecified atom stereocenters. The van der Waals surface area contributed by atoms with Crippen molar-refractivity contribution in [2.24, 2.45) is 5.10 Å². The van der Waals surface area contributed by atoms with E-state index in [-0.39, 0.29) is 11.9 Å². The molecule has 4 rings (SSSR count). The first-order valence-corrected chi connectivity index (χ1v) is 9.90. The molecule has 0 aromatic carbocycles. The molecule has 0 spiro atoms. The van der Waals surface area contributed by atoms with Crippen LogP contribution in [0.15, 0.2) is 51.6 Å². The van der Waals surface area contributed by atoms with E-state index in [1.165, 1.54) is 21.8 Å². The molecule has 3 aromatic heterocycles. The Morgan fingerprint density at radius 3 is 2.61 bits per heavy atom. The van der Waals surface area contributed by atoms with E-state index in [9.17, 15) is 4.79 Å². The van der Waals surface area contributed by atoms with Crippen LogP contribution in [0.4, 0.5) is 0 Å². The molecule has 1 atom stereocenters. The minimum absolute atomic E-state index is 0.00157. The zero-order chi connectivity index (χ0) is 15.8. The van der Waals surface area contributed by atoms with Crippen molar-refractivity contribution in [3.63, 3.8) is 0 Å². The van der Waals surface area contributed by atoms with E-state index < -0.39 is 0 Å². The van der Waals surface area contributed by atoms with E-state index in [2.05, 4.69) is 29.5 Å². The van der Waals surface area contributed by atoms with Gasteiger partial charge in [0.2, 0.25) is 0 Å². The molecule has 0 bridgehead atoms. The summed E-state index contributed by atoms with van der Waals surface area (Å²) in [6.07, 6.45) is 0.777. The number of nitrogens with zero attached hydrogens (tertiary/aromatic N) is 2. The van der Waals surface area contributed by atoms with Gasteiger partial charge in [0.25, 0.3) is 5.91 Å². The first-order valence-electron chi connectivity index (χ1n) is 7.26. The van der Waals surface area contributed by atoms with Crippen LogP contribution < -0.4 is 0 Å². The Kier molecular flexibility index (Phi) is 3.88. The summed E-state index contributed by atoms with van der Waals surface area (Å²) in [6.45, 7) is 2.10. The Labute approximate surface area is 146 Å². The smallest absolute Gasteiger partial charge is 0.266 e. The summed E-state index contributed by atoms with van der Waals surface area (Å²) >= 11 is 4.84. The maximum atomic E-state index is 12.9. The lowest BCUT2D eigenvalue weighted by Crippen LogP contribution is -2.26. The molecule has 1 aliphatic rings. The van der Waals surface area contributed by atoms with Crippen LogP contribution in [0.2, 0.25) is 0 Å². The molecule has 3 nitrogen and oxygen atoms in total. The van der Waals surface area contributed by atoms with Crippen molar-refractivity contribution in [2.75, 3.05) is 0 Å². The van der Waals surface area contributed by atoms with Gasteiger partial charge in [-0.25, -0.2) is 5.01 Å². The minimum atomic E-state index is -0.00986. The predicted molar refractivity (Wildman–Crippen MR) is 97.8 cm³/mol. The van der Waals surface area contributed by atoms with Crippen molar-refractivity contribution in [2.45, 2.75) is 19.4 Å².